The molecule has 6 heteroatoms. The molecule has 1 spiro atoms. The highest BCUT2D eigenvalue weighted by molar-refractivity contribution is 7.11. The first-order chi connectivity index (χ1) is 12.1. The van der Waals surface area contributed by atoms with Gasteiger partial charge in [-0.05, 0) is 37.6 Å². The van der Waals surface area contributed by atoms with Crippen molar-refractivity contribution >= 4 is 17.2 Å². The van der Waals surface area contributed by atoms with Gasteiger partial charge in [0.2, 0.25) is 0 Å². The van der Waals surface area contributed by atoms with E-state index in [1.165, 1.54) is 9.75 Å². The molecule has 2 aliphatic rings. The summed E-state index contributed by atoms with van der Waals surface area (Å²) in [4.78, 5) is 9.61. The Morgan fingerprint density at radius 2 is 2.36 bits per heavy atom. The van der Waals surface area contributed by atoms with Gasteiger partial charge in [-0.2, -0.15) is 5.26 Å². The molecule has 1 N–H and O–H groups in total. The molecule has 0 bridgehead atoms. The summed E-state index contributed by atoms with van der Waals surface area (Å²) in [5.41, 5.74) is 0.411. The van der Waals surface area contributed by atoms with Crippen molar-refractivity contribution in [3.05, 3.63) is 45.8 Å². The molecule has 2 aromatic heterocycles. The van der Waals surface area contributed by atoms with E-state index >= 15 is 0 Å². The Hall–Kier alpha value is -1.94. The van der Waals surface area contributed by atoms with Crippen LogP contribution in [0.1, 0.15) is 28.3 Å². The standard InChI is InChI=1S/C19H22N4OS/c1-14-5-6-17(25-14)11-23-8-7-19(13-23)9-16(12-24-19)22-18-4-2-3-15(10-20)21-18/h2-6,16H,7-9,11-13H2,1H3,(H,21,22)/t16-,19-/m1/s1. The van der Waals surface area contributed by atoms with Crippen LogP contribution in [-0.4, -0.2) is 41.2 Å². The van der Waals surface area contributed by atoms with Crippen LogP contribution in [0.2, 0.25) is 0 Å². The van der Waals surface area contributed by atoms with Crippen molar-refractivity contribution in [3.63, 3.8) is 0 Å². The van der Waals surface area contributed by atoms with Crippen molar-refractivity contribution in [1.29, 1.82) is 5.26 Å². The molecule has 0 saturated carbocycles. The predicted octanol–water partition coefficient (Wildman–Crippen LogP) is 3.17. The first-order valence-corrected chi connectivity index (χ1v) is 9.51. The van der Waals surface area contributed by atoms with Crippen LogP contribution in [0.25, 0.3) is 0 Å². The number of rotatable bonds is 4. The Balaban J connectivity index is 1.35. The van der Waals surface area contributed by atoms with Gasteiger partial charge >= 0.3 is 0 Å². The van der Waals surface area contributed by atoms with Crippen molar-refractivity contribution in [2.24, 2.45) is 0 Å². The van der Waals surface area contributed by atoms with Crippen LogP contribution in [0.3, 0.4) is 0 Å². The van der Waals surface area contributed by atoms with Crippen LogP contribution < -0.4 is 5.32 Å². The van der Waals surface area contributed by atoms with Gasteiger partial charge in [0.15, 0.2) is 0 Å². The molecule has 2 aliphatic heterocycles. The zero-order chi connectivity index (χ0) is 17.3. The van der Waals surface area contributed by atoms with Crippen LogP contribution >= 0.6 is 11.3 Å². The largest absolute Gasteiger partial charge is 0.371 e. The second kappa shape index (κ2) is 6.75. The zero-order valence-corrected chi connectivity index (χ0v) is 15.2. The van der Waals surface area contributed by atoms with E-state index in [0.717, 1.165) is 38.3 Å². The number of nitrogens with one attached hydrogen (secondary N) is 1. The fourth-order valence-corrected chi connectivity index (χ4v) is 4.79. The monoisotopic (exact) mass is 354 g/mol. The maximum Gasteiger partial charge on any atom is 0.142 e. The molecule has 0 unspecified atom stereocenters. The van der Waals surface area contributed by atoms with Crippen molar-refractivity contribution < 1.29 is 4.74 Å². The average molecular weight is 354 g/mol. The van der Waals surface area contributed by atoms with Gasteiger partial charge in [0, 0.05) is 35.8 Å². The van der Waals surface area contributed by atoms with Gasteiger partial charge in [0.1, 0.15) is 17.6 Å². The van der Waals surface area contributed by atoms with Crippen molar-refractivity contribution in [2.45, 2.75) is 38.0 Å². The smallest absolute Gasteiger partial charge is 0.142 e. The molecule has 0 amide bonds. The topological polar surface area (TPSA) is 61.2 Å². The van der Waals surface area contributed by atoms with Gasteiger partial charge in [0.25, 0.3) is 0 Å². The maximum atomic E-state index is 8.97. The molecule has 5 nitrogen and oxygen atoms in total. The summed E-state index contributed by atoms with van der Waals surface area (Å²) < 4.78 is 6.22. The molecule has 2 fully saturated rings. The number of aryl methyl sites for hydroxylation is 1. The SMILES string of the molecule is Cc1ccc(CN2CC[C@@]3(C[C@@H](Nc4cccc(C#N)n4)CO3)C2)s1. The molecular weight excluding hydrogens is 332 g/mol. The quantitative estimate of drug-likeness (QED) is 0.914. The first kappa shape index (κ1) is 16.5. The molecule has 2 aromatic rings. The third-order valence-corrected chi connectivity index (χ3v) is 5.98. The van der Waals surface area contributed by atoms with E-state index in [9.17, 15) is 0 Å². The second-order valence-electron chi connectivity index (χ2n) is 7.03. The molecule has 0 aliphatic carbocycles. The Labute approximate surface area is 152 Å². The molecule has 130 valence electrons. The van der Waals surface area contributed by atoms with E-state index in [0.29, 0.717) is 12.3 Å². The molecular formula is C19H22N4OS. The summed E-state index contributed by atoms with van der Waals surface area (Å²) in [7, 11) is 0. The summed E-state index contributed by atoms with van der Waals surface area (Å²) in [6.07, 6.45) is 2.08. The summed E-state index contributed by atoms with van der Waals surface area (Å²) in [6, 6.07) is 12.3. The highest BCUT2D eigenvalue weighted by Gasteiger charge is 2.45. The van der Waals surface area contributed by atoms with Gasteiger partial charge in [-0.15, -0.1) is 11.3 Å². The van der Waals surface area contributed by atoms with Gasteiger partial charge in [0.05, 0.1) is 18.2 Å². The van der Waals surface area contributed by atoms with E-state index in [2.05, 4.69) is 40.3 Å². The molecule has 2 saturated heterocycles. The van der Waals surface area contributed by atoms with E-state index in [4.69, 9.17) is 10.00 Å². The molecule has 0 radical (unpaired) electrons. The van der Waals surface area contributed by atoms with Gasteiger partial charge in [-0.1, -0.05) is 6.07 Å². The Morgan fingerprint density at radius 3 is 3.16 bits per heavy atom. The number of ether oxygens (including phenoxy) is 1. The first-order valence-electron chi connectivity index (χ1n) is 8.69. The number of aromatic nitrogens is 1. The van der Waals surface area contributed by atoms with E-state index in [1.54, 1.807) is 6.07 Å². The molecule has 0 aromatic carbocycles. The van der Waals surface area contributed by atoms with E-state index in [1.807, 2.05) is 23.5 Å². The Bertz CT molecular complexity index is 799. The van der Waals surface area contributed by atoms with Crippen molar-refractivity contribution in [1.82, 2.24) is 9.88 Å². The van der Waals surface area contributed by atoms with Crippen LogP contribution in [0.4, 0.5) is 5.82 Å². The number of likely N-dealkylation sites (tertiary alicyclic amines) is 1. The maximum absolute atomic E-state index is 8.97. The minimum Gasteiger partial charge on any atom is -0.371 e. The third kappa shape index (κ3) is 3.69. The summed E-state index contributed by atoms with van der Waals surface area (Å²) >= 11 is 1.88. The predicted molar refractivity (Wildman–Crippen MR) is 98.6 cm³/mol. The van der Waals surface area contributed by atoms with Crippen LogP contribution in [0.15, 0.2) is 30.3 Å². The van der Waals surface area contributed by atoms with Crippen LogP contribution in [-0.2, 0) is 11.3 Å². The zero-order valence-electron chi connectivity index (χ0n) is 14.4. The normalized spacial score (nSPS) is 26.2. The number of nitrogens with zero attached hydrogens (tertiary/aromatic N) is 3. The number of hydrogen-bond acceptors (Lipinski definition) is 6. The van der Waals surface area contributed by atoms with Crippen molar-refractivity contribution in [2.75, 3.05) is 25.0 Å². The summed E-state index contributed by atoms with van der Waals surface area (Å²) in [6.45, 7) is 5.96. The average Bonchev–Trinajstić information content (AvgIpc) is 3.31. The number of pyridine rings is 1. The lowest BCUT2D eigenvalue weighted by Gasteiger charge is -2.23. The number of hydrogen-bond donors (Lipinski definition) is 1. The van der Waals surface area contributed by atoms with Crippen LogP contribution in [0, 0.1) is 18.3 Å². The lowest BCUT2D eigenvalue weighted by atomic mass is 9.97. The molecule has 2 atom stereocenters. The molecule has 25 heavy (non-hydrogen) atoms. The van der Waals surface area contributed by atoms with E-state index in [-0.39, 0.29) is 11.6 Å². The molecule has 4 rings (SSSR count). The highest BCUT2D eigenvalue weighted by Crippen LogP contribution is 2.37. The highest BCUT2D eigenvalue weighted by atomic mass is 32.1. The summed E-state index contributed by atoms with van der Waals surface area (Å²) in [5, 5.41) is 12.4. The van der Waals surface area contributed by atoms with Gasteiger partial charge in [-0.3, -0.25) is 4.90 Å². The minimum atomic E-state index is -0.0309. The van der Waals surface area contributed by atoms with Crippen molar-refractivity contribution in [3.8, 4) is 6.07 Å². The fourth-order valence-electron chi connectivity index (χ4n) is 3.86. The fraction of sp³-hybridized carbons (Fsp3) is 0.474. The van der Waals surface area contributed by atoms with E-state index < -0.39 is 0 Å². The second-order valence-corrected chi connectivity index (χ2v) is 8.40. The molecule has 4 heterocycles. The lowest BCUT2D eigenvalue weighted by molar-refractivity contribution is 0.0120. The van der Waals surface area contributed by atoms with Gasteiger partial charge in [-0.25, -0.2) is 4.98 Å². The number of anilines is 1. The van der Waals surface area contributed by atoms with Crippen LogP contribution in [0.5, 0.6) is 0 Å². The minimum absolute atomic E-state index is 0.0309. The summed E-state index contributed by atoms with van der Waals surface area (Å²) in [5.74, 6) is 0.758. The Kier molecular flexibility index (Phi) is 4.46. The van der Waals surface area contributed by atoms with Gasteiger partial charge < -0.3 is 10.1 Å². The number of thiophene rings is 1. The third-order valence-electron chi connectivity index (χ3n) is 5.00. The number of nitriles is 1. The Morgan fingerprint density at radius 1 is 1.44 bits per heavy atom. The lowest BCUT2D eigenvalue weighted by Crippen LogP contribution is -2.33.